The highest BCUT2D eigenvalue weighted by Gasteiger charge is 2.11. The number of benzene rings is 2. The Morgan fingerprint density at radius 2 is 1.39 bits per heavy atom. The van der Waals surface area contributed by atoms with Crippen LogP contribution in [0.3, 0.4) is 0 Å². The Balaban J connectivity index is 1.62. The van der Waals surface area contributed by atoms with Crippen LogP contribution in [-0.2, 0) is 9.59 Å². The summed E-state index contributed by atoms with van der Waals surface area (Å²) in [5.41, 5.74) is 3.47. The van der Waals surface area contributed by atoms with Gasteiger partial charge in [-0.2, -0.15) is 0 Å². The van der Waals surface area contributed by atoms with Gasteiger partial charge in [0.05, 0.1) is 13.1 Å². The van der Waals surface area contributed by atoms with E-state index in [9.17, 15) is 9.59 Å². The maximum absolute atomic E-state index is 12.1. The van der Waals surface area contributed by atoms with Crippen molar-refractivity contribution in [3.05, 3.63) is 42.5 Å². The number of rotatable bonds is 11. The van der Waals surface area contributed by atoms with Gasteiger partial charge < -0.3 is 25.7 Å². The molecule has 1 heterocycles. The second-order valence-corrected chi connectivity index (χ2v) is 8.26. The van der Waals surface area contributed by atoms with Crippen LogP contribution < -0.4 is 21.3 Å². The highest BCUT2D eigenvalue weighted by molar-refractivity contribution is 5.94. The molecule has 2 amide bonds. The highest BCUT2D eigenvalue weighted by Crippen LogP contribution is 2.27. The number of aromatic nitrogens is 1. The van der Waals surface area contributed by atoms with Gasteiger partial charge in [0.15, 0.2) is 5.58 Å². The average Bonchev–Trinajstić information content (AvgIpc) is 3.24. The molecular weight excluding hydrogens is 418 g/mol. The number of hydrogen-bond acceptors (Lipinski definition) is 6. The molecule has 0 aliphatic rings. The largest absolute Gasteiger partial charge is 0.436 e. The molecule has 2 aromatic carbocycles. The molecule has 8 heteroatoms. The van der Waals surface area contributed by atoms with Gasteiger partial charge in [0.25, 0.3) is 0 Å². The van der Waals surface area contributed by atoms with E-state index < -0.39 is 0 Å². The number of carbonyl (C=O) groups is 2. The molecule has 0 bridgehead atoms. The summed E-state index contributed by atoms with van der Waals surface area (Å²) in [4.78, 5) is 28.8. The first-order valence-corrected chi connectivity index (χ1v) is 11.5. The number of amides is 2. The lowest BCUT2D eigenvalue weighted by atomic mass is 10.2. The van der Waals surface area contributed by atoms with Crippen molar-refractivity contribution in [3.8, 4) is 11.5 Å². The average molecular weight is 452 g/mol. The Morgan fingerprint density at radius 1 is 0.848 bits per heavy atom. The standard InChI is InChI=1S/C25H33N5O3/c1-5-16(3)26-14-23(31)28-19-9-7-18(8-10-19)25-30-21-13-20(11-12-22(21)33-25)29-24(32)15-27-17(4)6-2/h7-13,16-17,26-27H,5-6,14-15H2,1-4H3,(H,28,31)(H,29,32)/t16-,17-/m0/s1. The van der Waals surface area contributed by atoms with Gasteiger partial charge in [-0.3, -0.25) is 9.59 Å². The quantitative estimate of drug-likeness (QED) is 0.349. The molecular formula is C25H33N5O3. The van der Waals surface area contributed by atoms with Crippen LogP contribution in [0.25, 0.3) is 22.6 Å². The second-order valence-electron chi connectivity index (χ2n) is 8.26. The predicted molar refractivity (Wildman–Crippen MR) is 132 cm³/mol. The minimum absolute atomic E-state index is 0.0844. The molecule has 8 nitrogen and oxygen atoms in total. The zero-order valence-electron chi connectivity index (χ0n) is 19.7. The fourth-order valence-corrected chi connectivity index (χ4v) is 3.06. The minimum atomic E-state index is -0.102. The highest BCUT2D eigenvalue weighted by atomic mass is 16.3. The first-order chi connectivity index (χ1) is 15.9. The number of fused-ring (bicyclic) bond motifs is 1. The van der Waals surface area contributed by atoms with Crippen molar-refractivity contribution in [1.82, 2.24) is 15.6 Å². The maximum Gasteiger partial charge on any atom is 0.238 e. The summed E-state index contributed by atoms with van der Waals surface area (Å²) < 4.78 is 5.87. The topological polar surface area (TPSA) is 108 Å². The molecule has 0 unspecified atom stereocenters. The Hall–Kier alpha value is -3.23. The summed E-state index contributed by atoms with van der Waals surface area (Å²) in [6.07, 6.45) is 1.93. The molecule has 33 heavy (non-hydrogen) atoms. The van der Waals surface area contributed by atoms with Crippen LogP contribution in [0, 0.1) is 0 Å². The summed E-state index contributed by atoms with van der Waals surface area (Å²) in [5.74, 6) is 0.289. The molecule has 4 N–H and O–H groups in total. The summed E-state index contributed by atoms with van der Waals surface area (Å²) >= 11 is 0. The summed E-state index contributed by atoms with van der Waals surface area (Å²) in [7, 11) is 0. The van der Waals surface area contributed by atoms with Crippen LogP contribution in [0.2, 0.25) is 0 Å². The zero-order chi connectivity index (χ0) is 23.8. The first kappa shape index (κ1) is 24.4. The van der Waals surface area contributed by atoms with E-state index in [0.29, 0.717) is 34.4 Å². The molecule has 176 valence electrons. The normalized spacial score (nSPS) is 13.0. The number of nitrogens with zero attached hydrogens (tertiary/aromatic N) is 1. The van der Waals surface area contributed by atoms with Crippen molar-refractivity contribution in [3.63, 3.8) is 0 Å². The van der Waals surface area contributed by atoms with E-state index in [1.807, 2.05) is 38.1 Å². The minimum Gasteiger partial charge on any atom is -0.436 e. The Labute approximate surface area is 194 Å². The van der Waals surface area contributed by atoms with Gasteiger partial charge in [-0.15, -0.1) is 0 Å². The van der Waals surface area contributed by atoms with Gasteiger partial charge in [-0.1, -0.05) is 13.8 Å². The molecule has 3 rings (SSSR count). The third kappa shape index (κ3) is 7.13. The number of carbonyl (C=O) groups excluding carboxylic acids is 2. The third-order valence-electron chi connectivity index (χ3n) is 5.53. The predicted octanol–water partition coefficient (Wildman–Crippen LogP) is 4.15. The maximum atomic E-state index is 12.1. The lowest BCUT2D eigenvalue weighted by Gasteiger charge is -2.11. The molecule has 0 aliphatic carbocycles. The van der Waals surface area contributed by atoms with E-state index in [2.05, 4.69) is 40.1 Å². The Bertz CT molecular complexity index is 1080. The van der Waals surface area contributed by atoms with E-state index in [4.69, 9.17) is 4.42 Å². The van der Waals surface area contributed by atoms with E-state index >= 15 is 0 Å². The van der Waals surface area contributed by atoms with E-state index in [1.54, 1.807) is 18.2 Å². The SMILES string of the molecule is CC[C@H](C)NCC(=O)Nc1ccc(-c2nc3cc(NC(=O)CN[C@@H](C)CC)ccc3o2)cc1. The number of anilines is 2. The smallest absolute Gasteiger partial charge is 0.238 e. The van der Waals surface area contributed by atoms with Crippen LogP contribution in [0.1, 0.15) is 40.5 Å². The van der Waals surface area contributed by atoms with Gasteiger partial charge in [0.2, 0.25) is 17.7 Å². The molecule has 0 saturated heterocycles. The van der Waals surface area contributed by atoms with Crippen molar-refractivity contribution in [2.24, 2.45) is 0 Å². The van der Waals surface area contributed by atoms with Crippen LogP contribution in [-0.4, -0.2) is 42.0 Å². The van der Waals surface area contributed by atoms with Crippen molar-refractivity contribution >= 4 is 34.3 Å². The van der Waals surface area contributed by atoms with Gasteiger partial charge in [-0.25, -0.2) is 4.98 Å². The summed E-state index contributed by atoms with van der Waals surface area (Å²) in [6.45, 7) is 8.76. The molecule has 0 saturated carbocycles. The molecule has 0 aliphatic heterocycles. The van der Waals surface area contributed by atoms with E-state index in [-0.39, 0.29) is 30.9 Å². The Morgan fingerprint density at radius 3 is 1.97 bits per heavy atom. The van der Waals surface area contributed by atoms with Crippen molar-refractivity contribution in [2.75, 3.05) is 23.7 Å². The molecule has 1 aromatic heterocycles. The van der Waals surface area contributed by atoms with Crippen LogP contribution in [0.15, 0.2) is 46.9 Å². The lowest BCUT2D eigenvalue weighted by Crippen LogP contribution is -2.33. The van der Waals surface area contributed by atoms with Crippen molar-refractivity contribution in [1.29, 1.82) is 0 Å². The number of hydrogen-bond donors (Lipinski definition) is 4. The van der Waals surface area contributed by atoms with Gasteiger partial charge in [0, 0.05) is 29.0 Å². The van der Waals surface area contributed by atoms with Crippen LogP contribution in [0.5, 0.6) is 0 Å². The van der Waals surface area contributed by atoms with Gasteiger partial charge >= 0.3 is 0 Å². The number of nitrogens with one attached hydrogen (secondary N) is 4. The van der Waals surface area contributed by atoms with Crippen molar-refractivity contribution in [2.45, 2.75) is 52.6 Å². The molecule has 0 spiro atoms. The molecule has 0 fully saturated rings. The molecule has 2 atom stereocenters. The molecule has 0 radical (unpaired) electrons. The van der Waals surface area contributed by atoms with Crippen LogP contribution in [0.4, 0.5) is 11.4 Å². The van der Waals surface area contributed by atoms with E-state index in [1.165, 1.54) is 0 Å². The summed E-state index contributed by atoms with van der Waals surface area (Å²) in [6, 6.07) is 13.3. The fourth-order valence-electron chi connectivity index (χ4n) is 3.06. The van der Waals surface area contributed by atoms with Crippen LogP contribution >= 0.6 is 0 Å². The second kappa shape index (κ2) is 11.6. The van der Waals surface area contributed by atoms with E-state index in [0.717, 1.165) is 18.4 Å². The summed E-state index contributed by atoms with van der Waals surface area (Å²) in [5, 5.41) is 12.1. The monoisotopic (exact) mass is 451 g/mol. The third-order valence-corrected chi connectivity index (χ3v) is 5.53. The van der Waals surface area contributed by atoms with Crippen molar-refractivity contribution < 1.29 is 14.0 Å². The zero-order valence-corrected chi connectivity index (χ0v) is 19.7. The van der Waals surface area contributed by atoms with Gasteiger partial charge in [-0.05, 0) is 69.2 Å². The Kier molecular flexibility index (Phi) is 8.57. The lowest BCUT2D eigenvalue weighted by molar-refractivity contribution is -0.116. The first-order valence-electron chi connectivity index (χ1n) is 11.5. The molecule has 3 aromatic rings. The number of oxazole rings is 1. The fraction of sp³-hybridized carbons (Fsp3) is 0.400. The van der Waals surface area contributed by atoms with Gasteiger partial charge in [0.1, 0.15) is 5.52 Å².